The van der Waals surface area contributed by atoms with Gasteiger partial charge in [0, 0.05) is 17.7 Å². The van der Waals surface area contributed by atoms with Crippen LogP contribution < -0.4 is 4.74 Å². The summed E-state index contributed by atoms with van der Waals surface area (Å²) in [5.41, 5.74) is -3.82. The van der Waals surface area contributed by atoms with Gasteiger partial charge < -0.3 is 4.74 Å². The monoisotopic (exact) mass is 274 g/mol. The number of hydrogen-bond donors (Lipinski definition) is 0. The summed E-state index contributed by atoms with van der Waals surface area (Å²) < 4.78 is 40.9. The van der Waals surface area contributed by atoms with Gasteiger partial charge in [0.1, 0.15) is 11.6 Å². The van der Waals surface area contributed by atoms with E-state index in [1.165, 1.54) is 12.1 Å². The molecule has 1 rings (SSSR count). The van der Waals surface area contributed by atoms with E-state index in [0.29, 0.717) is 0 Å². The smallest absolute Gasteiger partial charge is 0.420 e. The zero-order valence-electron chi connectivity index (χ0n) is 6.03. The van der Waals surface area contributed by atoms with Crippen LogP contribution in [0.4, 0.5) is 13.2 Å². The minimum absolute atomic E-state index is 0.165. The molecule has 0 aliphatic heterocycles. The molecule has 0 saturated heterocycles. The van der Waals surface area contributed by atoms with Crippen molar-refractivity contribution in [3.63, 3.8) is 0 Å². The lowest BCUT2D eigenvalue weighted by Gasteiger charge is -2.10. The second-order valence-corrected chi connectivity index (χ2v) is 3.42. The molecule has 0 radical (unpaired) electrons. The number of halogens is 5. The Bertz CT molecular complexity index is 313. The minimum Gasteiger partial charge on any atom is -0.420 e. The van der Waals surface area contributed by atoms with Crippen LogP contribution in [0.25, 0.3) is 0 Å². The molecule has 0 aliphatic carbocycles. The van der Waals surface area contributed by atoms with Crippen molar-refractivity contribution < 1.29 is 17.9 Å². The van der Waals surface area contributed by atoms with Crippen LogP contribution >= 0.6 is 27.5 Å². The average molecular weight is 275 g/mol. The van der Waals surface area contributed by atoms with Gasteiger partial charge in [0.2, 0.25) is 0 Å². The fraction of sp³-hybridized carbons (Fsp3) is 0.143. The number of ether oxygens (including phenoxy) is 1. The van der Waals surface area contributed by atoms with E-state index in [1.807, 2.05) is 0 Å². The third-order valence-electron chi connectivity index (χ3n) is 1.12. The molecule has 0 fully saturated rings. The maximum Gasteiger partial charge on any atom is 0.487 e. The van der Waals surface area contributed by atoms with Crippen molar-refractivity contribution >= 4 is 27.5 Å². The van der Waals surface area contributed by atoms with E-state index >= 15 is 0 Å². The van der Waals surface area contributed by atoms with Crippen LogP contribution in [0.15, 0.2) is 22.7 Å². The third kappa shape index (κ3) is 3.44. The summed E-state index contributed by atoms with van der Waals surface area (Å²) in [5, 5.41) is 0. The molecule has 0 heterocycles. The summed E-state index contributed by atoms with van der Waals surface area (Å²) in [6.45, 7) is 0. The molecule has 0 atom stereocenters. The standard InChI is InChI=1S/C7H3BrClF3O/c8-5-2-1-4(3-6(5)10)13-7(9,11)12/h1-3H. The Balaban J connectivity index is 2.86. The second kappa shape index (κ2) is 3.75. The van der Waals surface area contributed by atoms with Gasteiger partial charge in [-0.15, -0.1) is 8.78 Å². The first-order chi connectivity index (χ1) is 5.88. The Morgan fingerprint density at radius 3 is 2.46 bits per heavy atom. The van der Waals surface area contributed by atoms with Gasteiger partial charge in [-0.2, -0.15) is 0 Å². The summed E-state index contributed by atoms with van der Waals surface area (Å²) >= 11 is 7.33. The van der Waals surface area contributed by atoms with Crippen LogP contribution in [0.1, 0.15) is 0 Å². The molecule has 0 unspecified atom stereocenters. The summed E-state index contributed by atoms with van der Waals surface area (Å²) in [6.07, 6.45) is 0. The lowest BCUT2D eigenvalue weighted by Crippen LogP contribution is -2.15. The van der Waals surface area contributed by atoms with Crippen LogP contribution in [-0.2, 0) is 0 Å². The van der Waals surface area contributed by atoms with Crippen LogP contribution in [0.5, 0.6) is 5.75 Å². The molecule has 6 heteroatoms. The van der Waals surface area contributed by atoms with Gasteiger partial charge in [0.25, 0.3) is 0 Å². The Labute approximate surface area is 85.6 Å². The van der Waals surface area contributed by atoms with Gasteiger partial charge >= 0.3 is 5.57 Å². The van der Waals surface area contributed by atoms with Crippen molar-refractivity contribution in [3.8, 4) is 5.75 Å². The van der Waals surface area contributed by atoms with Crippen LogP contribution in [0.2, 0.25) is 0 Å². The van der Waals surface area contributed by atoms with Crippen molar-refractivity contribution in [2.75, 3.05) is 0 Å². The lowest BCUT2D eigenvalue weighted by atomic mass is 10.3. The van der Waals surface area contributed by atoms with Gasteiger partial charge in [-0.1, -0.05) is 0 Å². The zero-order chi connectivity index (χ0) is 10.1. The fourth-order valence-electron chi connectivity index (χ4n) is 0.674. The van der Waals surface area contributed by atoms with Crippen molar-refractivity contribution in [1.29, 1.82) is 0 Å². The second-order valence-electron chi connectivity index (χ2n) is 2.12. The molecule has 0 amide bonds. The van der Waals surface area contributed by atoms with Crippen molar-refractivity contribution in [2.24, 2.45) is 0 Å². The van der Waals surface area contributed by atoms with Gasteiger partial charge in [-0.05, 0) is 28.1 Å². The Kier molecular flexibility index (Phi) is 3.08. The summed E-state index contributed by atoms with van der Waals surface area (Å²) in [4.78, 5) is 0. The predicted molar refractivity (Wildman–Crippen MR) is 45.5 cm³/mol. The highest BCUT2D eigenvalue weighted by Gasteiger charge is 2.27. The molecule has 1 aromatic rings. The molecule has 1 nitrogen and oxygen atoms in total. The fourth-order valence-corrected chi connectivity index (χ4v) is 1.01. The highest BCUT2D eigenvalue weighted by atomic mass is 79.9. The van der Waals surface area contributed by atoms with Crippen molar-refractivity contribution in [3.05, 3.63) is 28.5 Å². The summed E-state index contributed by atoms with van der Waals surface area (Å²) in [5.74, 6) is -1.03. The van der Waals surface area contributed by atoms with E-state index in [9.17, 15) is 13.2 Å². The summed E-state index contributed by atoms with van der Waals surface area (Å²) in [7, 11) is 0. The highest BCUT2D eigenvalue weighted by Crippen LogP contribution is 2.27. The van der Waals surface area contributed by atoms with E-state index in [2.05, 4.69) is 32.3 Å². The lowest BCUT2D eigenvalue weighted by molar-refractivity contribution is -0.0966. The molecule has 0 N–H and O–H groups in total. The SMILES string of the molecule is Fc1cc(OC(F)(F)Cl)ccc1Br. The molecular weight excluding hydrogens is 272 g/mol. The van der Waals surface area contributed by atoms with Gasteiger partial charge in [-0.3, -0.25) is 0 Å². The first-order valence-electron chi connectivity index (χ1n) is 3.09. The molecule has 13 heavy (non-hydrogen) atoms. The molecule has 0 spiro atoms. The molecule has 0 bridgehead atoms. The molecule has 0 aliphatic rings. The number of rotatable bonds is 2. The summed E-state index contributed by atoms with van der Waals surface area (Å²) in [6, 6.07) is 3.22. The van der Waals surface area contributed by atoms with Crippen molar-refractivity contribution in [2.45, 2.75) is 5.57 Å². The zero-order valence-corrected chi connectivity index (χ0v) is 8.37. The third-order valence-corrected chi connectivity index (χ3v) is 1.84. The van der Waals surface area contributed by atoms with E-state index in [4.69, 9.17) is 0 Å². The van der Waals surface area contributed by atoms with Crippen LogP contribution in [0.3, 0.4) is 0 Å². The minimum atomic E-state index is -3.82. The van der Waals surface area contributed by atoms with E-state index in [1.54, 1.807) is 0 Å². The molecule has 72 valence electrons. The van der Waals surface area contributed by atoms with E-state index in [0.717, 1.165) is 6.07 Å². The number of hydrogen-bond acceptors (Lipinski definition) is 1. The molecule has 0 saturated carbocycles. The van der Waals surface area contributed by atoms with Crippen LogP contribution in [0, 0.1) is 5.82 Å². The van der Waals surface area contributed by atoms with Crippen LogP contribution in [-0.4, -0.2) is 5.57 Å². The van der Waals surface area contributed by atoms with E-state index < -0.39 is 11.4 Å². The largest absolute Gasteiger partial charge is 0.487 e. The van der Waals surface area contributed by atoms with Gasteiger partial charge in [0.05, 0.1) is 4.47 Å². The van der Waals surface area contributed by atoms with Crippen molar-refractivity contribution in [1.82, 2.24) is 0 Å². The van der Waals surface area contributed by atoms with E-state index in [-0.39, 0.29) is 10.2 Å². The Morgan fingerprint density at radius 1 is 1.38 bits per heavy atom. The number of alkyl halides is 3. The molecule has 0 aromatic heterocycles. The first-order valence-corrected chi connectivity index (χ1v) is 4.26. The Hall–Kier alpha value is -0.420. The predicted octanol–water partition coefficient (Wildman–Crippen LogP) is 3.76. The maximum atomic E-state index is 12.7. The van der Waals surface area contributed by atoms with Gasteiger partial charge in [0.15, 0.2) is 0 Å². The number of benzene rings is 1. The molecular formula is C7H3BrClF3O. The van der Waals surface area contributed by atoms with Gasteiger partial charge in [-0.25, -0.2) is 4.39 Å². The topological polar surface area (TPSA) is 9.23 Å². The average Bonchev–Trinajstić information content (AvgIpc) is 1.94. The normalized spacial score (nSPS) is 11.5. The molecule has 1 aromatic carbocycles. The first kappa shape index (κ1) is 10.7. The maximum absolute atomic E-state index is 12.7. The Morgan fingerprint density at radius 2 is 2.00 bits per heavy atom. The quantitative estimate of drug-likeness (QED) is 0.747. The highest BCUT2D eigenvalue weighted by molar-refractivity contribution is 9.10.